The fourth-order valence-corrected chi connectivity index (χ4v) is 8.97. The van der Waals surface area contributed by atoms with Crippen LogP contribution in [0, 0.1) is 0 Å². The van der Waals surface area contributed by atoms with E-state index >= 15 is 0 Å². The molecule has 0 N–H and O–H groups in total. The molecule has 286 valence electrons. The van der Waals surface area contributed by atoms with Crippen LogP contribution in [0.4, 0.5) is 17.1 Å². The minimum Gasteiger partial charge on any atom is -0.456 e. The summed E-state index contributed by atoms with van der Waals surface area (Å²) in [6.45, 7) is 0. The molecule has 0 unspecified atom stereocenters. The number of hydrogen-bond acceptors (Lipinski definition) is 3. The number of para-hydroxylation sites is 3. The van der Waals surface area contributed by atoms with Crippen molar-refractivity contribution in [2.24, 2.45) is 0 Å². The summed E-state index contributed by atoms with van der Waals surface area (Å²) in [6, 6.07) is 80.1. The van der Waals surface area contributed by atoms with Gasteiger partial charge in [-0.15, -0.1) is 0 Å². The predicted molar refractivity (Wildman–Crippen MR) is 255 cm³/mol. The van der Waals surface area contributed by atoms with Gasteiger partial charge >= 0.3 is 0 Å². The van der Waals surface area contributed by atoms with Crippen LogP contribution in [0.5, 0.6) is 0 Å². The average Bonchev–Trinajstić information content (AvgIpc) is 3.90. The van der Waals surface area contributed by atoms with Gasteiger partial charge in [0.25, 0.3) is 0 Å². The van der Waals surface area contributed by atoms with Crippen LogP contribution in [0.2, 0.25) is 0 Å². The van der Waals surface area contributed by atoms with Crippen molar-refractivity contribution in [1.82, 2.24) is 0 Å². The molecule has 0 fully saturated rings. The Balaban J connectivity index is 0.931. The highest BCUT2D eigenvalue weighted by Crippen LogP contribution is 2.43. The van der Waals surface area contributed by atoms with Crippen molar-refractivity contribution in [1.29, 1.82) is 0 Å². The van der Waals surface area contributed by atoms with Gasteiger partial charge in [-0.1, -0.05) is 152 Å². The molecular weight excluding hydrogens is 743 g/mol. The van der Waals surface area contributed by atoms with Gasteiger partial charge in [0.1, 0.15) is 22.3 Å². The first-order valence-corrected chi connectivity index (χ1v) is 20.7. The number of fused-ring (bicyclic) bond motifs is 7. The lowest BCUT2D eigenvalue weighted by Gasteiger charge is -2.28. The molecule has 0 spiro atoms. The summed E-state index contributed by atoms with van der Waals surface area (Å²) >= 11 is 0. The topological polar surface area (TPSA) is 29.5 Å². The van der Waals surface area contributed by atoms with Gasteiger partial charge in [0.2, 0.25) is 0 Å². The summed E-state index contributed by atoms with van der Waals surface area (Å²) in [6.07, 6.45) is 0. The van der Waals surface area contributed by atoms with E-state index in [2.05, 4.69) is 205 Å². The van der Waals surface area contributed by atoms with Crippen LogP contribution < -0.4 is 4.90 Å². The van der Waals surface area contributed by atoms with Crippen LogP contribution in [-0.2, 0) is 0 Å². The largest absolute Gasteiger partial charge is 0.456 e. The molecule has 0 aliphatic rings. The third kappa shape index (κ3) is 6.14. The number of nitrogens with zero attached hydrogens (tertiary/aromatic N) is 1. The minimum absolute atomic E-state index is 0.878. The number of rotatable bonds is 7. The first-order valence-electron chi connectivity index (χ1n) is 20.7. The van der Waals surface area contributed by atoms with E-state index in [0.717, 1.165) is 88.8 Å². The highest BCUT2D eigenvalue weighted by atomic mass is 16.3. The smallest absolute Gasteiger partial charge is 0.136 e. The second-order valence-electron chi connectivity index (χ2n) is 15.7. The van der Waals surface area contributed by atoms with Gasteiger partial charge in [-0.05, 0) is 123 Å². The Morgan fingerprint density at radius 1 is 0.262 bits per heavy atom. The van der Waals surface area contributed by atoms with Crippen molar-refractivity contribution in [2.45, 2.75) is 0 Å². The molecule has 12 aromatic rings. The summed E-state index contributed by atoms with van der Waals surface area (Å²) < 4.78 is 12.5. The van der Waals surface area contributed by atoms with Crippen LogP contribution in [0.25, 0.3) is 99.2 Å². The molecule has 3 heteroatoms. The third-order valence-electron chi connectivity index (χ3n) is 12.1. The molecule has 0 aliphatic carbocycles. The predicted octanol–water partition coefficient (Wildman–Crippen LogP) is 16.8. The quantitative estimate of drug-likeness (QED) is 0.161. The molecule has 2 heterocycles. The molecule has 0 saturated carbocycles. The second-order valence-corrected chi connectivity index (χ2v) is 15.7. The molecule has 10 aromatic carbocycles. The zero-order valence-corrected chi connectivity index (χ0v) is 33.1. The van der Waals surface area contributed by atoms with Crippen molar-refractivity contribution in [3.05, 3.63) is 224 Å². The van der Waals surface area contributed by atoms with Crippen molar-refractivity contribution < 1.29 is 8.83 Å². The summed E-state index contributed by atoms with van der Waals surface area (Å²) in [5.41, 5.74) is 16.0. The van der Waals surface area contributed by atoms with E-state index in [9.17, 15) is 0 Å². The Labute approximate surface area is 353 Å². The van der Waals surface area contributed by atoms with E-state index in [-0.39, 0.29) is 0 Å². The van der Waals surface area contributed by atoms with E-state index < -0.39 is 0 Å². The Morgan fingerprint density at radius 2 is 0.721 bits per heavy atom. The molecule has 0 radical (unpaired) electrons. The van der Waals surface area contributed by atoms with Crippen molar-refractivity contribution in [3.8, 4) is 44.5 Å². The lowest BCUT2D eigenvalue weighted by atomic mass is 9.97. The van der Waals surface area contributed by atoms with Crippen LogP contribution in [0.3, 0.4) is 0 Å². The Kier molecular flexibility index (Phi) is 8.17. The monoisotopic (exact) mass is 779 g/mol. The van der Waals surface area contributed by atoms with E-state index in [4.69, 9.17) is 8.83 Å². The Hall–Kier alpha value is -8.14. The van der Waals surface area contributed by atoms with Crippen molar-refractivity contribution >= 4 is 71.7 Å². The van der Waals surface area contributed by atoms with Gasteiger partial charge in [0.05, 0.1) is 5.69 Å². The lowest BCUT2D eigenvalue weighted by molar-refractivity contribution is 0.668. The molecule has 0 bridgehead atoms. The lowest BCUT2D eigenvalue weighted by Crippen LogP contribution is -2.11. The Morgan fingerprint density at radius 3 is 1.43 bits per heavy atom. The van der Waals surface area contributed by atoms with Crippen molar-refractivity contribution in [3.63, 3.8) is 0 Å². The van der Waals surface area contributed by atoms with Crippen LogP contribution in [-0.4, -0.2) is 0 Å². The fraction of sp³-hybridized carbons (Fsp3) is 0. The average molecular weight is 780 g/mol. The summed E-state index contributed by atoms with van der Waals surface area (Å²) in [7, 11) is 0. The zero-order chi connectivity index (χ0) is 40.3. The van der Waals surface area contributed by atoms with Gasteiger partial charge in [0, 0.05) is 38.5 Å². The maximum atomic E-state index is 6.37. The van der Waals surface area contributed by atoms with Crippen molar-refractivity contribution in [2.75, 3.05) is 4.90 Å². The van der Waals surface area contributed by atoms with E-state index in [1.807, 2.05) is 24.3 Å². The number of hydrogen-bond donors (Lipinski definition) is 0. The minimum atomic E-state index is 0.878. The molecule has 3 nitrogen and oxygen atoms in total. The SMILES string of the molecule is c1ccc(N(c2ccc(-c3ccc(-c4ccc5ccccc5c4)cc3)cc2)c2ccc(-c3ccc4oc5ccccc5c4c3)cc2)c(-c2ccc3c(c2)oc2ccccc23)c1. The third-order valence-corrected chi connectivity index (χ3v) is 12.1. The molecule has 61 heavy (non-hydrogen) atoms. The fourth-order valence-electron chi connectivity index (χ4n) is 8.97. The molecule has 2 aromatic heterocycles. The first-order chi connectivity index (χ1) is 30.2. The molecule has 0 amide bonds. The van der Waals surface area contributed by atoms with Gasteiger partial charge in [-0.25, -0.2) is 0 Å². The van der Waals surface area contributed by atoms with E-state index in [1.165, 1.54) is 27.5 Å². The molecular formula is C58H37NO2. The maximum absolute atomic E-state index is 6.37. The standard InChI is InChI=1S/C58H37NO2/c1-2-10-43-35-44(22-21-38(43)9-1)41-19-17-39(18-20-41)40-23-29-47(30-24-40)59(48-31-25-42(26-32-48)45-28-34-57-53(36-45)51-13-5-8-16-56(51)60-57)54-14-6-3-11-49(54)46-27-33-52-50-12-4-7-15-55(50)61-58(52)37-46/h1-37H. The molecule has 0 atom stereocenters. The molecule has 12 rings (SSSR count). The molecule has 0 aliphatic heterocycles. The second kappa shape index (κ2) is 14.3. The highest BCUT2D eigenvalue weighted by molar-refractivity contribution is 6.07. The maximum Gasteiger partial charge on any atom is 0.136 e. The first kappa shape index (κ1) is 34.9. The zero-order valence-electron chi connectivity index (χ0n) is 33.1. The van der Waals surface area contributed by atoms with Gasteiger partial charge < -0.3 is 13.7 Å². The highest BCUT2D eigenvalue weighted by Gasteiger charge is 2.19. The number of furan rings is 2. The van der Waals surface area contributed by atoms with E-state index in [1.54, 1.807) is 0 Å². The molecule has 0 saturated heterocycles. The number of benzene rings is 10. The van der Waals surface area contributed by atoms with Crippen LogP contribution in [0.1, 0.15) is 0 Å². The van der Waals surface area contributed by atoms with Gasteiger partial charge in [-0.2, -0.15) is 0 Å². The van der Waals surface area contributed by atoms with E-state index in [0.29, 0.717) is 0 Å². The van der Waals surface area contributed by atoms with Crippen LogP contribution in [0.15, 0.2) is 233 Å². The summed E-state index contributed by atoms with van der Waals surface area (Å²) in [5.74, 6) is 0. The summed E-state index contributed by atoms with van der Waals surface area (Å²) in [5, 5.41) is 7.00. The Bertz CT molecular complexity index is 3580. The van der Waals surface area contributed by atoms with Gasteiger partial charge in [-0.3, -0.25) is 0 Å². The normalized spacial score (nSPS) is 11.6. The van der Waals surface area contributed by atoms with Gasteiger partial charge in [0.15, 0.2) is 0 Å². The summed E-state index contributed by atoms with van der Waals surface area (Å²) in [4.78, 5) is 2.36. The number of anilines is 3. The van der Waals surface area contributed by atoms with Crippen LogP contribution >= 0.6 is 0 Å².